The number of aliphatic imine (C=N–C) groups is 1. The molecule has 0 amide bonds. The van der Waals surface area contributed by atoms with E-state index < -0.39 is 22.9 Å². The number of hydrogen-bond donors (Lipinski definition) is 1. The van der Waals surface area contributed by atoms with Gasteiger partial charge in [-0.2, -0.15) is 0 Å². The molecule has 3 aromatic rings. The molecular weight excluding hydrogens is 434 g/mol. The third kappa shape index (κ3) is 5.35. The molecule has 1 heterocycles. The lowest BCUT2D eigenvalue weighted by Crippen LogP contribution is -2.43. The first-order chi connectivity index (χ1) is 15.9. The summed E-state index contributed by atoms with van der Waals surface area (Å²) >= 11 is 0. The number of aromatic nitrogens is 2. The molecule has 0 unspecified atom stereocenters. The van der Waals surface area contributed by atoms with Crippen molar-refractivity contribution in [2.24, 2.45) is 12.0 Å². The monoisotopic (exact) mass is 458 g/mol. The zero-order valence-corrected chi connectivity index (χ0v) is 18.1. The van der Waals surface area contributed by atoms with Crippen LogP contribution in [0.3, 0.4) is 0 Å². The first-order valence-electron chi connectivity index (χ1n) is 10.2. The minimum Gasteiger partial charge on any atom is -0.473 e. The van der Waals surface area contributed by atoms with Gasteiger partial charge in [0.05, 0.1) is 0 Å². The van der Waals surface area contributed by atoms with Gasteiger partial charge in [-0.05, 0) is 30.8 Å². The minimum absolute atomic E-state index is 0.00956. The molecule has 8 nitrogen and oxygen atoms in total. The van der Waals surface area contributed by atoms with Crippen molar-refractivity contribution in [3.8, 4) is 5.75 Å². The van der Waals surface area contributed by atoms with Gasteiger partial charge in [-0.25, -0.2) is 18.6 Å². The molecule has 0 fully saturated rings. The molecule has 1 aromatic heterocycles. The number of hydrogen-bond acceptors (Lipinski definition) is 6. The van der Waals surface area contributed by atoms with Crippen LogP contribution in [0.25, 0.3) is 0 Å². The predicted octanol–water partition coefficient (Wildman–Crippen LogP) is 2.58. The predicted molar refractivity (Wildman–Crippen MR) is 121 cm³/mol. The van der Waals surface area contributed by atoms with Crippen molar-refractivity contribution in [2.75, 3.05) is 18.2 Å². The number of anilines is 1. The summed E-state index contributed by atoms with van der Waals surface area (Å²) in [6.07, 6.45) is 0.208. The van der Waals surface area contributed by atoms with Gasteiger partial charge >= 0.3 is 5.69 Å². The number of nitrogens with zero attached hydrogens (tertiary/aromatic N) is 4. The zero-order chi connectivity index (χ0) is 24.0. The molecule has 0 atom stereocenters. The highest BCUT2D eigenvalue weighted by atomic mass is 19.2. The highest BCUT2D eigenvalue weighted by Gasteiger charge is 2.23. The standard InChI is InChI=1S/C23H24F2N4O4/c1-26-21-20(22(31)29(11-6-12-30)23(32)27(21)2)28(14-16-7-4-3-5-8-16)15-33-17-9-10-18(24)19(25)13-17/h3-5,7-10,13,30H,1,6,11-12,14-15H2,2H3. The van der Waals surface area contributed by atoms with Gasteiger partial charge in [-0.15, -0.1) is 0 Å². The van der Waals surface area contributed by atoms with E-state index in [2.05, 4.69) is 11.7 Å². The Morgan fingerprint density at radius 1 is 1.12 bits per heavy atom. The summed E-state index contributed by atoms with van der Waals surface area (Å²) in [6.45, 7) is 3.28. The molecular formula is C23H24F2N4O4. The number of halogens is 2. The van der Waals surface area contributed by atoms with Gasteiger partial charge in [0.2, 0.25) is 0 Å². The van der Waals surface area contributed by atoms with E-state index in [0.29, 0.717) is 0 Å². The van der Waals surface area contributed by atoms with E-state index in [1.807, 2.05) is 30.3 Å². The lowest BCUT2D eigenvalue weighted by molar-refractivity contribution is 0.277. The molecule has 0 saturated carbocycles. The summed E-state index contributed by atoms with van der Waals surface area (Å²) in [7, 11) is 1.46. The number of ether oxygens (including phenoxy) is 1. The van der Waals surface area contributed by atoms with Gasteiger partial charge in [-0.3, -0.25) is 13.9 Å². The van der Waals surface area contributed by atoms with Crippen LogP contribution in [0.15, 0.2) is 63.1 Å². The Morgan fingerprint density at radius 3 is 2.48 bits per heavy atom. The molecule has 0 aliphatic heterocycles. The van der Waals surface area contributed by atoms with Crippen LogP contribution < -0.4 is 20.9 Å². The fourth-order valence-electron chi connectivity index (χ4n) is 3.34. The average Bonchev–Trinajstić information content (AvgIpc) is 2.82. The van der Waals surface area contributed by atoms with Crippen LogP contribution in [0.5, 0.6) is 5.75 Å². The van der Waals surface area contributed by atoms with Gasteiger partial charge in [0, 0.05) is 32.8 Å². The van der Waals surface area contributed by atoms with Crippen molar-refractivity contribution < 1.29 is 18.6 Å². The molecule has 33 heavy (non-hydrogen) atoms. The molecule has 0 radical (unpaired) electrons. The Bertz CT molecular complexity index is 1240. The fraction of sp³-hybridized carbons (Fsp3) is 0.261. The van der Waals surface area contributed by atoms with Crippen LogP contribution in [-0.2, 0) is 20.1 Å². The van der Waals surface area contributed by atoms with Crippen molar-refractivity contribution >= 4 is 18.2 Å². The van der Waals surface area contributed by atoms with Gasteiger partial charge in [0.25, 0.3) is 5.56 Å². The highest BCUT2D eigenvalue weighted by molar-refractivity contribution is 5.64. The second-order valence-corrected chi connectivity index (χ2v) is 7.24. The Kier molecular flexibility index (Phi) is 7.73. The van der Waals surface area contributed by atoms with Crippen LogP contribution in [0.1, 0.15) is 12.0 Å². The third-order valence-corrected chi connectivity index (χ3v) is 5.00. The number of rotatable bonds is 10. The van der Waals surface area contributed by atoms with E-state index in [1.165, 1.54) is 22.6 Å². The average molecular weight is 458 g/mol. The molecule has 0 aliphatic carbocycles. The lowest BCUT2D eigenvalue weighted by Gasteiger charge is -2.27. The van der Waals surface area contributed by atoms with E-state index in [9.17, 15) is 18.4 Å². The summed E-state index contributed by atoms with van der Waals surface area (Å²) in [5.74, 6) is -1.98. The van der Waals surface area contributed by atoms with Crippen LogP contribution in [0.2, 0.25) is 0 Å². The minimum atomic E-state index is -1.07. The quantitative estimate of drug-likeness (QED) is 0.373. The maximum Gasteiger partial charge on any atom is 0.332 e. The first-order valence-corrected chi connectivity index (χ1v) is 10.2. The summed E-state index contributed by atoms with van der Waals surface area (Å²) in [6, 6.07) is 12.3. The van der Waals surface area contributed by atoms with Crippen LogP contribution in [-0.4, -0.2) is 34.3 Å². The van der Waals surface area contributed by atoms with Crippen molar-refractivity contribution in [2.45, 2.75) is 19.5 Å². The Morgan fingerprint density at radius 2 is 1.85 bits per heavy atom. The van der Waals surface area contributed by atoms with Crippen LogP contribution in [0, 0.1) is 11.6 Å². The van der Waals surface area contributed by atoms with E-state index in [1.54, 1.807) is 0 Å². The maximum absolute atomic E-state index is 13.6. The largest absolute Gasteiger partial charge is 0.473 e. The molecule has 0 aliphatic rings. The van der Waals surface area contributed by atoms with Crippen molar-refractivity contribution in [3.63, 3.8) is 0 Å². The van der Waals surface area contributed by atoms with Gasteiger partial charge in [0.15, 0.2) is 24.2 Å². The van der Waals surface area contributed by atoms with Crippen molar-refractivity contribution in [3.05, 3.63) is 86.6 Å². The molecule has 0 saturated heterocycles. The molecule has 10 heteroatoms. The summed E-state index contributed by atoms with van der Waals surface area (Å²) in [5.41, 5.74) is -0.340. The fourth-order valence-corrected chi connectivity index (χ4v) is 3.34. The summed E-state index contributed by atoms with van der Waals surface area (Å²) in [4.78, 5) is 31.5. The Hall–Kier alpha value is -3.79. The first kappa shape index (κ1) is 23.9. The van der Waals surface area contributed by atoms with Crippen molar-refractivity contribution in [1.29, 1.82) is 0 Å². The van der Waals surface area contributed by atoms with E-state index >= 15 is 0 Å². The molecule has 0 spiro atoms. The molecule has 1 N–H and O–H groups in total. The van der Waals surface area contributed by atoms with Crippen LogP contribution in [0.4, 0.5) is 20.3 Å². The van der Waals surface area contributed by atoms with Crippen molar-refractivity contribution in [1.82, 2.24) is 9.13 Å². The van der Waals surface area contributed by atoms with E-state index in [-0.39, 0.29) is 50.1 Å². The lowest BCUT2D eigenvalue weighted by atomic mass is 10.2. The van der Waals surface area contributed by atoms with Gasteiger partial charge in [0.1, 0.15) is 11.4 Å². The number of benzene rings is 2. The second-order valence-electron chi connectivity index (χ2n) is 7.24. The summed E-state index contributed by atoms with van der Waals surface area (Å²) in [5, 5.41) is 9.16. The highest BCUT2D eigenvalue weighted by Crippen LogP contribution is 2.25. The van der Waals surface area contributed by atoms with Gasteiger partial charge < -0.3 is 14.7 Å². The molecule has 2 aromatic carbocycles. The number of aliphatic hydroxyl groups excluding tert-OH is 1. The SMILES string of the molecule is C=Nc1c(N(COc2ccc(F)c(F)c2)Cc2ccccc2)c(=O)n(CCCO)c(=O)n1C. The normalized spacial score (nSPS) is 10.8. The maximum atomic E-state index is 13.6. The zero-order valence-electron chi connectivity index (χ0n) is 18.1. The Balaban J connectivity index is 2.09. The summed E-state index contributed by atoms with van der Waals surface area (Å²) < 4.78 is 34.8. The third-order valence-electron chi connectivity index (χ3n) is 5.00. The smallest absolute Gasteiger partial charge is 0.332 e. The van der Waals surface area contributed by atoms with E-state index in [0.717, 1.165) is 22.3 Å². The number of aliphatic hydroxyl groups is 1. The van der Waals surface area contributed by atoms with Gasteiger partial charge in [-0.1, -0.05) is 30.3 Å². The Labute approximate surface area is 188 Å². The molecule has 174 valence electrons. The van der Waals surface area contributed by atoms with E-state index in [4.69, 9.17) is 9.84 Å². The molecule has 3 rings (SSSR count). The van der Waals surface area contributed by atoms with Crippen LogP contribution >= 0.6 is 0 Å². The second kappa shape index (κ2) is 10.7. The topological polar surface area (TPSA) is 89.1 Å². The molecule has 0 bridgehead atoms.